The van der Waals surface area contributed by atoms with Gasteiger partial charge in [-0.15, -0.1) is 0 Å². The molecule has 0 spiro atoms. The third-order valence-electron chi connectivity index (χ3n) is 3.65. The van der Waals surface area contributed by atoms with Crippen molar-refractivity contribution in [3.05, 3.63) is 29.8 Å². The fourth-order valence-corrected chi connectivity index (χ4v) is 5.41. The Balaban J connectivity index is 2.91. The highest BCUT2D eigenvalue weighted by Crippen LogP contribution is 2.31. The molecule has 2 unspecified atom stereocenters. The summed E-state index contributed by atoms with van der Waals surface area (Å²) in [6, 6.07) is 7.98. The van der Waals surface area contributed by atoms with Gasteiger partial charge in [0.2, 0.25) is 0 Å². The first-order chi connectivity index (χ1) is 11.5. The van der Waals surface area contributed by atoms with Crippen LogP contribution in [0.3, 0.4) is 0 Å². The lowest BCUT2D eigenvalue weighted by Gasteiger charge is -2.33. The predicted molar refractivity (Wildman–Crippen MR) is 97.2 cm³/mol. The Morgan fingerprint density at radius 2 is 1.29 bits per heavy atom. The third kappa shape index (κ3) is 5.86. The molecule has 24 heavy (non-hydrogen) atoms. The lowest BCUT2D eigenvalue weighted by molar-refractivity contribution is -0.0613. The number of rotatable bonds is 12. The summed E-state index contributed by atoms with van der Waals surface area (Å²) >= 11 is 0. The van der Waals surface area contributed by atoms with Crippen LogP contribution in [0.4, 0.5) is 0 Å². The van der Waals surface area contributed by atoms with Crippen molar-refractivity contribution in [3.63, 3.8) is 0 Å². The van der Waals surface area contributed by atoms with Gasteiger partial charge in [-0.25, -0.2) is 0 Å². The molecule has 5 nitrogen and oxygen atoms in total. The van der Waals surface area contributed by atoms with E-state index in [2.05, 4.69) is 6.92 Å². The Kier molecular flexibility index (Phi) is 9.54. The molecule has 6 heteroatoms. The van der Waals surface area contributed by atoms with Crippen molar-refractivity contribution >= 4 is 8.80 Å². The Bertz CT molecular complexity index is 434. The summed E-state index contributed by atoms with van der Waals surface area (Å²) in [5.41, 5.74) is 1.17. The second kappa shape index (κ2) is 10.8. The average Bonchev–Trinajstić information content (AvgIpc) is 2.55. The van der Waals surface area contributed by atoms with Crippen molar-refractivity contribution in [1.29, 1.82) is 0 Å². The van der Waals surface area contributed by atoms with E-state index in [1.807, 2.05) is 58.9 Å². The van der Waals surface area contributed by atoms with Crippen LogP contribution < -0.4 is 4.74 Å². The molecular weight excluding hydrogens is 324 g/mol. The van der Waals surface area contributed by atoms with Crippen molar-refractivity contribution in [2.75, 3.05) is 26.4 Å². The molecule has 1 rings (SSSR count). The zero-order valence-electron chi connectivity index (χ0n) is 15.8. The van der Waals surface area contributed by atoms with E-state index in [4.69, 9.17) is 22.8 Å². The van der Waals surface area contributed by atoms with E-state index in [0.717, 1.165) is 11.3 Å². The predicted octanol–water partition coefficient (Wildman–Crippen LogP) is 4.14. The third-order valence-corrected chi connectivity index (χ3v) is 7.12. The Hall–Kier alpha value is -0.923. The smallest absolute Gasteiger partial charge is 0.465 e. The van der Waals surface area contributed by atoms with E-state index in [1.54, 1.807) is 0 Å². The van der Waals surface area contributed by atoms with Crippen LogP contribution in [0.25, 0.3) is 0 Å². The lowest BCUT2D eigenvalue weighted by Crippen LogP contribution is -2.51. The van der Waals surface area contributed by atoms with E-state index in [-0.39, 0.29) is 11.8 Å². The molecule has 2 atom stereocenters. The van der Waals surface area contributed by atoms with Crippen LogP contribution in [-0.2, 0) is 18.0 Å². The normalized spacial score (nSPS) is 14.4. The van der Waals surface area contributed by atoms with Gasteiger partial charge in [-0.05, 0) is 52.3 Å². The Morgan fingerprint density at radius 3 is 1.71 bits per heavy atom. The summed E-state index contributed by atoms with van der Waals surface area (Å²) in [6.07, 6.45) is -0.262. The molecule has 0 aliphatic rings. The van der Waals surface area contributed by atoms with E-state index in [9.17, 15) is 0 Å². The van der Waals surface area contributed by atoms with Gasteiger partial charge in [-0.1, -0.05) is 19.1 Å². The molecular formula is C18H32O5Si. The molecule has 0 aliphatic carbocycles. The molecule has 0 aliphatic heterocycles. The van der Waals surface area contributed by atoms with Gasteiger partial charge < -0.3 is 22.8 Å². The van der Waals surface area contributed by atoms with Crippen molar-refractivity contribution in [3.8, 4) is 5.75 Å². The van der Waals surface area contributed by atoms with Crippen molar-refractivity contribution in [1.82, 2.24) is 0 Å². The number of benzene rings is 1. The maximum Gasteiger partial charge on any atom is 0.508 e. The summed E-state index contributed by atoms with van der Waals surface area (Å²) in [6.45, 7) is 14.2. The first-order valence-electron chi connectivity index (χ1n) is 8.82. The van der Waals surface area contributed by atoms with Crippen molar-refractivity contribution < 1.29 is 22.8 Å². The van der Waals surface area contributed by atoms with Gasteiger partial charge in [0.05, 0.1) is 5.54 Å². The highest BCUT2D eigenvalue weighted by atomic mass is 28.4. The SMILES string of the molecule is CCOC(C)Oc1ccc(C(C)[Si](OCC)(OCC)OCC)cc1. The Labute approximate surface area is 147 Å². The largest absolute Gasteiger partial charge is 0.508 e. The van der Waals surface area contributed by atoms with Crippen LogP contribution in [0.15, 0.2) is 24.3 Å². The van der Waals surface area contributed by atoms with Gasteiger partial charge >= 0.3 is 8.80 Å². The van der Waals surface area contributed by atoms with Crippen LogP contribution in [0.2, 0.25) is 0 Å². The average molecular weight is 357 g/mol. The van der Waals surface area contributed by atoms with Crippen LogP contribution in [0, 0.1) is 0 Å². The van der Waals surface area contributed by atoms with Gasteiger partial charge in [-0.2, -0.15) is 0 Å². The van der Waals surface area contributed by atoms with Gasteiger partial charge in [0.25, 0.3) is 0 Å². The van der Waals surface area contributed by atoms with Crippen LogP contribution >= 0.6 is 0 Å². The maximum atomic E-state index is 6.00. The second-order valence-corrected chi connectivity index (χ2v) is 8.27. The molecule has 0 aromatic heterocycles. The maximum absolute atomic E-state index is 6.00. The fourth-order valence-electron chi connectivity index (χ4n) is 2.60. The summed E-state index contributed by atoms with van der Waals surface area (Å²) in [5.74, 6) is 0.781. The van der Waals surface area contributed by atoms with Crippen molar-refractivity contribution in [2.24, 2.45) is 0 Å². The molecule has 1 aromatic rings. The zero-order chi connectivity index (χ0) is 18.0. The molecule has 0 amide bonds. The first-order valence-corrected chi connectivity index (χ1v) is 10.6. The zero-order valence-corrected chi connectivity index (χ0v) is 16.8. The van der Waals surface area contributed by atoms with Crippen LogP contribution in [0.5, 0.6) is 5.75 Å². The molecule has 0 saturated heterocycles. The number of hydrogen-bond donors (Lipinski definition) is 0. The van der Waals surface area contributed by atoms with Crippen LogP contribution in [-0.4, -0.2) is 41.5 Å². The van der Waals surface area contributed by atoms with E-state index >= 15 is 0 Å². The van der Waals surface area contributed by atoms with E-state index in [0.29, 0.717) is 26.4 Å². The second-order valence-electron chi connectivity index (χ2n) is 5.33. The number of ether oxygens (including phenoxy) is 2. The monoisotopic (exact) mass is 356 g/mol. The lowest BCUT2D eigenvalue weighted by atomic mass is 10.1. The molecule has 0 heterocycles. The quantitative estimate of drug-likeness (QED) is 0.416. The molecule has 0 radical (unpaired) electrons. The molecule has 138 valence electrons. The van der Waals surface area contributed by atoms with Gasteiger partial charge in [-0.3, -0.25) is 0 Å². The minimum atomic E-state index is -2.77. The molecule has 0 N–H and O–H groups in total. The highest BCUT2D eigenvalue weighted by molar-refractivity contribution is 6.62. The standard InChI is InChI=1S/C18H32O5Si/c1-7-19-16(6)23-18-13-11-17(12-14-18)15(5)24(20-8-2,21-9-3)22-10-4/h11-16H,7-10H2,1-6H3. The minimum absolute atomic E-state index is 0.0516. The number of hydrogen-bond acceptors (Lipinski definition) is 5. The highest BCUT2D eigenvalue weighted by Gasteiger charge is 2.47. The molecule has 1 aromatic carbocycles. The fraction of sp³-hybridized carbons (Fsp3) is 0.667. The van der Waals surface area contributed by atoms with Gasteiger partial charge in [0, 0.05) is 26.4 Å². The molecule has 0 fully saturated rings. The van der Waals surface area contributed by atoms with E-state index in [1.165, 1.54) is 0 Å². The van der Waals surface area contributed by atoms with Gasteiger partial charge in [0.1, 0.15) is 5.75 Å². The van der Waals surface area contributed by atoms with Crippen LogP contribution in [0.1, 0.15) is 52.6 Å². The molecule has 0 saturated carbocycles. The summed E-state index contributed by atoms with van der Waals surface area (Å²) in [5, 5.41) is 0. The van der Waals surface area contributed by atoms with Crippen molar-refractivity contribution in [2.45, 2.75) is 53.4 Å². The molecule has 0 bridgehead atoms. The van der Waals surface area contributed by atoms with E-state index < -0.39 is 8.80 Å². The summed E-state index contributed by atoms with van der Waals surface area (Å²) in [7, 11) is -2.77. The van der Waals surface area contributed by atoms with Gasteiger partial charge in [0.15, 0.2) is 6.29 Å². The summed E-state index contributed by atoms with van der Waals surface area (Å²) in [4.78, 5) is 0. The first kappa shape index (κ1) is 21.1. The summed E-state index contributed by atoms with van der Waals surface area (Å²) < 4.78 is 29.1. The topological polar surface area (TPSA) is 46.2 Å². The Morgan fingerprint density at radius 1 is 0.792 bits per heavy atom. The minimum Gasteiger partial charge on any atom is -0.465 e.